The largest absolute Gasteiger partial charge is 0.496 e. The molecule has 0 saturated heterocycles. The van der Waals surface area contributed by atoms with Gasteiger partial charge >= 0.3 is 0 Å². The Morgan fingerprint density at radius 1 is 1.32 bits per heavy atom. The van der Waals surface area contributed by atoms with Crippen LogP contribution in [0.5, 0.6) is 5.75 Å². The highest BCUT2D eigenvalue weighted by Gasteiger charge is 2.04. The molecule has 0 saturated carbocycles. The topological polar surface area (TPSA) is 45.7 Å². The van der Waals surface area contributed by atoms with Gasteiger partial charge in [-0.1, -0.05) is 22.0 Å². The summed E-state index contributed by atoms with van der Waals surface area (Å²) >= 11 is 5.22. The SMILES string of the molecule is CCNC(=NCc1cc(Br)ccc1OC)NCc1cccs1. The van der Waals surface area contributed by atoms with E-state index in [0.29, 0.717) is 6.54 Å². The Bertz CT molecular complexity index is 614. The molecule has 2 rings (SSSR count). The summed E-state index contributed by atoms with van der Waals surface area (Å²) in [6.07, 6.45) is 0. The van der Waals surface area contributed by atoms with E-state index in [4.69, 9.17) is 4.74 Å². The Labute approximate surface area is 143 Å². The van der Waals surface area contributed by atoms with Gasteiger partial charge in [0.1, 0.15) is 5.75 Å². The molecular formula is C16H20BrN3OS. The maximum absolute atomic E-state index is 5.38. The first-order chi connectivity index (χ1) is 10.7. The molecule has 0 aliphatic rings. The van der Waals surface area contributed by atoms with Gasteiger partial charge in [-0.15, -0.1) is 11.3 Å². The van der Waals surface area contributed by atoms with Crippen molar-refractivity contribution in [1.82, 2.24) is 10.6 Å². The summed E-state index contributed by atoms with van der Waals surface area (Å²) in [7, 11) is 1.68. The molecule has 4 nitrogen and oxygen atoms in total. The zero-order chi connectivity index (χ0) is 15.8. The summed E-state index contributed by atoms with van der Waals surface area (Å²) in [4.78, 5) is 5.91. The summed E-state index contributed by atoms with van der Waals surface area (Å²) in [5.74, 6) is 1.65. The van der Waals surface area contributed by atoms with Gasteiger partial charge in [-0.3, -0.25) is 0 Å². The minimum atomic E-state index is 0.558. The first-order valence-electron chi connectivity index (χ1n) is 7.10. The summed E-state index contributed by atoms with van der Waals surface area (Å²) in [5.41, 5.74) is 1.05. The number of thiophene rings is 1. The van der Waals surface area contributed by atoms with Crippen molar-refractivity contribution in [3.05, 3.63) is 50.6 Å². The molecule has 1 aromatic heterocycles. The number of halogens is 1. The summed E-state index contributed by atoms with van der Waals surface area (Å²) in [6.45, 7) is 4.22. The molecule has 22 heavy (non-hydrogen) atoms. The van der Waals surface area contributed by atoms with Crippen molar-refractivity contribution >= 4 is 33.2 Å². The number of methoxy groups -OCH3 is 1. The van der Waals surface area contributed by atoms with Gasteiger partial charge in [0.15, 0.2) is 5.96 Å². The second-order valence-corrected chi connectivity index (χ2v) is 6.53. The molecule has 118 valence electrons. The van der Waals surface area contributed by atoms with Gasteiger partial charge in [-0.2, -0.15) is 0 Å². The van der Waals surface area contributed by atoms with E-state index in [2.05, 4.69) is 56.0 Å². The minimum absolute atomic E-state index is 0.558. The van der Waals surface area contributed by atoms with Crippen LogP contribution >= 0.6 is 27.3 Å². The van der Waals surface area contributed by atoms with Gasteiger partial charge in [-0.25, -0.2) is 4.99 Å². The van der Waals surface area contributed by atoms with Crippen LogP contribution in [0.1, 0.15) is 17.4 Å². The van der Waals surface area contributed by atoms with Crippen LogP contribution in [-0.4, -0.2) is 19.6 Å². The first kappa shape index (κ1) is 16.8. The summed E-state index contributed by atoms with van der Waals surface area (Å²) in [5, 5.41) is 8.68. The quantitative estimate of drug-likeness (QED) is 0.591. The molecule has 0 fully saturated rings. The van der Waals surface area contributed by atoms with Crippen molar-refractivity contribution in [2.75, 3.05) is 13.7 Å². The fourth-order valence-electron chi connectivity index (χ4n) is 1.96. The Morgan fingerprint density at radius 3 is 2.86 bits per heavy atom. The van der Waals surface area contributed by atoms with Gasteiger partial charge in [-0.05, 0) is 36.6 Å². The molecule has 0 aliphatic heterocycles. The van der Waals surface area contributed by atoms with Crippen LogP contribution in [0.3, 0.4) is 0 Å². The Morgan fingerprint density at radius 2 is 2.18 bits per heavy atom. The highest BCUT2D eigenvalue weighted by molar-refractivity contribution is 9.10. The molecule has 0 unspecified atom stereocenters. The fourth-order valence-corrected chi connectivity index (χ4v) is 3.01. The number of hydrogen-bond acceptors (Lipinski definition) is 3. The molecule has 0 atom stereocenters. The Balaban J connectivity index is 2.04. The molecule has 0 spiro atoms. The van der Waals surface area contributed by atoms with Gasteiger partial charge in [0.25, 0.3) is 0 Å². The molecule has 6 heteroatoms. The average molecular weight is 382 g/mol. The highest BCUT2D eigenvalue weighted by Crippen LogP contribution is 2.23. The maximum atomic E-state index is 5.38. The lowest BCUT2D eigenvalue weighted by molar-refractivity contribution is 0.409. The number of rotatable bonds is 6. The van der Waals surface area contributed by atoms with E-state index >= 15 is 0 Å². The molecule has 0 aliphatic carbocycles. The van der Waals surface area contributed by atoms with Crippen LogP contribution in [0, 0.1) is 0 Å². The van der Waals surface area contributed by atoms with Crippen molar-refractivity contribution < 1.29 is 4.74 Å². The molecule has 1 heterocycles. The fraction of sp³-hybridized carbons (Fsp3) is 0.312. The number of benzene rings is 1. The van der Waals surface area contributed by atoms with E-state index in [-0.39, 0.29) is 0 Å². The molecule has 0 amide bonds. The molecule has 2 N–H and O–H groups in total. The van der Waals surface area contributed by atoms with Crippen LogP contribution in [-0.2, 0) is 13.1 Å². The molecular weight excluding hydrogens is 362 g/mol. The van der Waals surface area contributed by atoms with Crippen molar-refractivity contribution in [3.63, 3.8) is 0 Å². The van der Waals surface area contributed by atoms with Crippen LogP contribution in [0.4, 0.5) is 0 Å². The Kier molecular flexibility index (Phi) is 6.74. The standard InChI is InChI=1S/C16H20BrN3OS/c1-3-18-16(20-11-14-5-4-8-22-14)19-10-12-9-13(17)6-7-15(12)21-2/h4-9H,3,10-11H2,1-2H3,(H2,18,19,20). The lowest BCUT2D eigenvalue weighted by atomic mass is 10.2. The van der Waals surface area contributed by atoms with Crippen molar-refractivity contribution in [2.24, 2.45) is 4.99 Å². The minimum Gasteiger partial charge on any atom is -0.496 e. The summed E-state index contributed by atoms with van der Waals surface area (Å²) in [6, 6.07) is 10.1. The van der Waals surface area contributed by atoms with Gasteiger partial charge in [0, 0.05) is 21.5 Å². The zero-order valence-corrected chi connectivity index (χ0v) is 15.1. The molecule has 2 aromatic rings. The lowest BCUT2D eigenvalue weighted by Crippen LogP contribution is -2.36. The van der Waals surface area contributed by atoms with Gasteiger partial charge < -0.3 is 15.4 Å². The lowest BCUT2D eigenvalue weighted by Gasteiger charge is -2.12. The van der Waals surface area contributed by atoms with Gasteiger partial charge in [0.2, 0.25) is 0 Å². The van der Waals surface area contributed by atoms with Crippen LogP contribution in [0.15, 0.2) is 45.2 Å². The highest BCUT2D eigenvalue weighted by atomic mass is 79.9. The number of nitrogens with one attached hydrogen (secondary N) is 2. The number of hydrogen-bond donors (Lipinski definition) is 2. The number of nitrogens with zero attached hydrogens (tertiary/aromatic N) is 1. The third-order valence-electron chi connectivity index (χ3n) is 3.00. The molecule has 1 aromatic carbocycles. The number of aliphatic imine (C=N–C) groups is 1. The predicted octanol–water partition coefficient (Wildman–Crippen LogP) is 3.77. The normalized spacial score (nSPS) is 11.3. The van der Waals surface area contributed by atoms with Gasteiger partial charge in [0.05, 0.1) is 20.2 Å². The van der Waals surface area contributed by atoms with E-state index in [0.717, 1.165) is 34.8 Å². The second-order valence-electron chi connectivity index (χ2n) is 4.58. The number of guanidine groups is 1. The predicted molar refractivity (Wildman–Crippen MR) is 96.7 cm³/mol. The van der Waals surface area contributed by atoms with Crippen LogP contribution in [0.2, 0.25) is 0 Å². The van der Waals surface area contributed by atoms with Crippen molar-refractivity contribution in [3.8, 4) is 5.75 Å². The van der Waals surface area contributed by atoms with Crippen LogP contribution < -0.4 is 15.4 Å². The van der Waals surface area contributed by atoms with Crippen molar-refractivity contribution in [1.29, 1.82) is 0 Å². The van der Waals surface area contributed by atoms with Crippen LogP contribution in [0.25, 0.3) is 0 Å². The zero-order valence-electron chi connectivity index (χ0n) is 12.7. The van der Waals surface area contributed by atoms with E-state index in [1.165, 1.54) is 4.88 Å². The van der Waals surface area contributed by atoms with E-state index in [9.17, 15) is 0 Å². The van der Waals surface area contributed by atoms with Crippen molar-refractivity contribution in [2.45, 2.75) is 20.0 Å². The molecule has 0 bridgehead atoms. The van der Waals surface area contributed by atoms with E-state index in [1.54, 1.807) is 18.4 Å². The third-order valence-corrected chi connectivity index (χ3v) is 4.37. The second kappa shape index (κ2) is 8.80. The number of ether oxygens (including phenoxy) is 1. The maximum Gasteiger partial charge on any atom is 0.191 e. The smallest absolute Gasteiger partial charge is 0.191 e. The monoisotopic (exact) mass is 381 g/mol. The molecule has 0 radical (unpaired) electrons. The van der Waals surface area contributed by atoms with E-state index < -0.39 is 0 Å². The first-order valence-corrected chi connectivity index (χ1v) is 8.77. The third kappa shape index (κ3) is 5.03. The summed E-state index contributed by atoms with van der Waals surface area (Å²) < 4.78 is 6.41. The average Bonchev–Trinajstić information content (AvgIpc) is 3.03. The van der Waals surface area contributed by atoms with E-state index in [1.807, 2.05) is 18.2 Å². The Hall–Kier alpha value is -1.53.